The Morgan fingerprint density at radius 3 is 2.95 bits per heavy atom. The Labute approximate surface area is 120 Å². The third kappa shape index (κ3) is 2.42. The van der Waals surface area contributed by atoms with Gasteiger partial charge in [-0.15, -0.1) is 5.10 Å². The number of aromatic amines is 1. The molecule has 0 saturated carbocycles. The number of hydrogen-bond donors (Lipinski definition) is 3. The van der Waals surface area contributed by atoms with Gasteiger partial charge in [-0.2, -0.15) is 4.98 Å². The second-order valence-electron chi connectivity index (χ2n) is 4.82. The van der Waals surface area contributed by atoms with Gasteiger partial charge < -0.3 is 15.5 Å². The highest BCUT2D eigenvalue weighted by molar-refractivity contribution is 5.93. The molecule has 3 rings (SSSR count). The first kappa shape index (κ1) is 13.1. The zero-order valence-electron chi connectivity index (χ0n) is 11.7. The lowest BCUT2D eigenvalue weighted by molar-refractivity contribution is 0.0934. The van der Waals surface area contributed by atoms with E-state index in [0.717, 1.165) is 11.2 Å². The highest BCUT2D eigenvalue weighted by Gasteiger charge is 2.17. The van der Waals surface area contributed by atoms with Gasteiger partial charge in [-0.05, 0) is 25.5 Å². The number of nitrogens with two attached hydrogens (primary N) is 1. The van der Waals surface area contributed by atoms with E-state index in [-0.39, 0.29) is 17.9 Å². The number of rotatable bonds is 3. The average molecular weight is 285 g/mol. The number of pyridine rings is 1. The number of aryl methyl sites for hydroxylation is 1. The van der Waals surface area contributed by atoms with E-state index in [1.165, 1.54) is 0 Å². The summed E-state index contributed by atoms with van der Waals surface area (Å²) in [6, 6.07) is 3.52. The Kier molecular flexibility index (Phi) is 3.05. The molecule has 4 N–H and O–H groups in total. The molecule has 108 valence electrons. The number of nitrogens with one attached hydrogen (secondary N) is 2. The van der Waals surface area contributed by atoms with Crippen LogP contribution in [0.5, 0.6) is 0 Å². The molecule has 1 amide bonds. The first-order chi connectivity index (χ1) is 10.0. The van der Waals surface area contributed by atoms with Crippen LogP contribution in [-0.4, -0.2) is 30.5 Å². The van der Waals surface area contributed by atoms with E-state index >= 15 is 0 Å². The van der Waals surface area contributed by atoms with E-state index in [2.05, 4.69) is 25.5 Å². The predicted octanol–water partition coefficient (Wildman–Crippen LogP) is 0.834. The maximum atomic E-state index is 12.2. The summed E-state index contributed by atoms with van der Waals surface area (Å²) >= 11 is 0. The fourth-order valence-electron chi connectivity index (χ4n) is 2.08. The molecule has 0 radical (unpaired) electrons. The minimum Gasteiger partial charge on any atom is -0.367 e. The molecule has 8 heteroatoms. The maximum absolute atomic E-state index is 12.2. The quantitative estimate of drug-likeness (QED) is 0.659. The van der Waals surface area contributed by atoms with Crippen LogP contribution in [0.1, 0.15) is 34.8 Å². The van der Waals surface area contributed by atoms with Crippen LogP contribution in [0, 0.1) is 6.92 Å². The number of H-pyrrole nitrogens is 1. The van der Waals surface area contributed by atoms with Crippen molar-refractivity contribution in [3.63, 3.8) is 0 Å². The Morgan fingerprint density at radius 1 is 1.48 bits per heavy atom. The van der Waals surface area contributed by atoms with Crippen molar-refractivity contribution in [3.8, 4) is 0 Å². The van der Waals surface area contributed by atoms with Crippen LogP contribution in [0.3, 0.4) is 0 Å². The third-order valence-electron chi connectivity index (χ3n) is 3.19. The number of imidazole rings is 1. The van der Waals surface area contributed by atoms with E-state index < -0.39 is 0 Å². The number of fused-ring (bicyclic) bond motifs is 1. The lowest BCUT2D eigenvalue weighted by atomic mass is 10.3. The van der Waals surface area contributed by atoms with Crippen molar-refractivity contribution in [1.82, 2.24) is 29.9 Å². The fourth-order valence-corrected chi connectivity index (χ4v) is 2.08. The van der Waals surface area contributed by atoms with Crippen LogP contribution in [0.2, 0.25) is 0 Å². The molecular formula is C13H15N7O. The zero-order valence-corrected chi connectivity index (χ0v) is 11.7. The molecule has 0 aliphatic rings. The Balaban J connectivity index is 1.82. The second kappa shape index (κ2) is 4.89. The summed E-state index contributed by atoms with van der Waals surface area (Å²) < 4.78 is 1.82. The first-order valence-corrected chi connectivity index (χ1v) is 6.47. The van der Waals surface area contributed by atoms with E-state index in [9.17, 15) is 4.79 Å². The number of nitrogen functional groups attached to an aromatic ring is 1. The van der Waals surface area contributed by atoms with E-state index in [0.29, 0.717) is 11.5 Å². The van der Waals surface area contributed by atoms with Crippen molar-refractivity contribution in [3.05, 3.63) is 41.6 Å². The van der Waals surface area contributed by atoms with Crippen molar-refractivity contribution in [2.24, 2.45) is 0 Å². The molecule has 0 aliphatic carbocycles. The highest BCUT2D eigenvalue weighted by Crippen LogP contribution is 2.12. The number of nitrogens with zero attached hydrogens (tertiary/aromatic N) is 4. The Bertz CT molecular complexity index is 804. The molecule has 3 aromatic rings. The van der Waals surface area contributed by atoms with Gasteiger partial charge in [0.25, 0.3) is 5.91 Å². The van der Waals surface area contributed by atoms with Crippen molar-refractivity contribution >= 4 is 17.5 Å². The summed E-state index contributed by atoms with van der Waals surface area (Å²) in [7, 11) is 0. The Hall–Kier alpha value is -2.90. The standard InChI is InChI=1S/C13H15N7O/c1-7-4-3-5-20-6-9(16-11(7)20)12(21)15-8(2)10-17-13(14)19-18-10/h3-6,8H,1-2H3,(H,15,21)(H3,14,17,18,19)/t8-/m1/s1. The van der Waals surface area contributed by atoms with Gasteiger partial charge in [0.2, 0.25) is 5.95 Å². The van der Waals surface area contributed by atoms with E-state index in [1.54, 1.807) is 13.1 Å². The summed E-state index contributed by atoms with van der Waals surface area (Å²) in [5.74, 6) is 0.371. The summed E-state index contributed by atoms with van der Waals surface area (Å²) in [5.41, 5.74) is 7.56. The minimum absolute atomic E-state index is 0.148. The fraction of sp³-hybridized carbons (Fsp3) is 0.231. The van der Waals surface area contributed by atoms with E-state index in [1.807, 2.05) is 29.7 Å². The van der Waals surface area contributed by atoms with Crippen LogP contribution in [-0.2, 0) is 0 Å². The van der Waals surface area contributed by atoms with Crippen molar-refractivity contribution < 1.29 is 4.79 Å². The summed E-state index contributed by atoms with van der Waals surface area (Å²) in [5, 5.41) is 9.21. The van der Waals surface area contributed by atoms with Gasteiger partial charge in [-0.3, -0.25) is 9.89 Å². The molecular weight excluding hydrogens is 270 g/mol. The molecule has 3 heterocycles. The average Bonchev–Trinajstić information content (AvgIpc) is 3.05. The molecule has 0 aromatic carbocycles. The van der Waals surface area contributed by atoms with Gasteiger partial charge in [-0.1, -0.05) is 6.07 Å². The van der Waals surface area contributed by atoms with Crippen LogP contribution in [0.25, 0.3) is 5.65 Å². The third-order valence-corrected chi connectivity index (χ3v) is 3.19. The number of carbonyl (C=O) groups is 1. The first-order valence-electron chi connectivity index (χ1n) is 6.47. The van der Waals surface area contributed by atoms with Gasteiger partial charge in [0.15, 0.2) is 0 Å². The minimum atomic E-state index is -0.340. The predicted molar refractivity (Wildman–Crippen MR) is 76.6 cm³/mol. The van der Waals surface area contributed by atoms with E-state index in [4.69, 9.17) is 5.73 Å². The second-order valence-corrected chi connectivity index (χ2v) is 4.82. The van der Waals surface area contributed by atoms with Gasteiger partial charge in [0.1, 0.15) is 17.2 Å². The van der Waals surface area contributed by atoms with Gasteiger partial charge >= 0.3 is 0 Å². The van der Waals surface area contributed by atoms with Crippen LogP contribution < -0.4 is 11.1 Å². The molecule has 0 bridgehead atoms. The van der Waals surface area contributed by atoms with Gasteiger partial charge in [0, 0.05) is 12.4 Å². The maximum Gasteiger partial charge on any atom is 0.272 e. The monoisotopic (exact) mass is 285 g/mol. The highest BCUT2D eigenvalue weighted by atomic mass is 16.2. The van der Waals surface area contributed by atoms with Crippen molar-refractivity contribution in [1.29, 1.82) is 0 Å². The number of amides is 1. The number of carbonyl (C=O) groups excluding carboxylic acids is 1. The lowest BCUT2D eigenvalue weighted by Crippen LogP contribution is -2.27. The lowest BCUT2D eigenvalue weighted by Gasteiger charge is -2.09. The van der Waals surface area contributed by atoms with Crippen LogP contribution >= 0.6 is 0 Å². The zero-order chi connectivity index (χ0) is 15.0. The molecule has 0 aliphatic heterocycles. The van der Waals surface area contributed by atoms with Gasteiger partial charge in [0.05, 0.1) is 6.04 Å². The number of anilines is 1. The topological polar surface area (TPSA) is 114 Å². The molecule has 8 nitrogen and oxygen atoms in total. The normalized spacial score (nSPS) is 12.5. The van der Waals surface area contributed by atoms with Crippen molar-refractivity contribution in [2.45, 2.75) is 19.9 Å². The number of aromatic nitrogens is 5. The van der Waals surface area contributed by atoms with Gasteiger partial charge in [-0.25, -0.2) is 4.98 Å². The summed E-state index contributed by atoms with van der Waals surface area (Å²) in [4.78, 5) is 20.6. The summed E-state index contributed by atoms with van der Waals surface area (Å²) in [6.45, 7) is 3.74. The molecule has 21 heavy (non-hydrogen) atoms. The largest absolute Gasteiger partial charge is 0.367 e. The summed E-state index contributed by atoms with van der Waals surface area (Å²) in [6.07, 6.45) is 3.55. The van der Waals surface area contributed by atoms with Crippen molar-refractivity contribution in [2.75, 3.05) is 5.73 Å². The molecule has 3 aromatic heterocycles. The van der Waals surface area contributed by atoms with Crippen LogP contribution in [0.15, 0.2) is 24.5 Å². The Morgan fingerprint density at radius 2 is 2.29 bits per heavy atom. The number of hydrogen-bond acceptors (Lipinski definition) is 5. The molecule has 0 fully saturated rings. The van der Waals surface area contributed by atoms with Crippen LogP contribution in [0.4, 0.5) is 5.95 Å². The molecule has 0 saturated heterocycles. The molecule has 0 spiro atoms. The molecule has 1 atom stereocenters. The SMILES string of the molecule is Cc1cccn2cc(C(=O)N[C@H](C)c3nc(N)n[nH]3)nc12. The smallest absolute Gasteiger partial charge is 0.272 e. The molecule has 0 unspecified atom stereocenters.